The SMILES string of the molecule is C=O.C=O.C=O.Cc1cc(C)cc(C)c1.[W]. The van der Waals surface area contributed by atoms with Crippen molar-refractivity contribution >= 4 is 20.4 Å². The molecule has 0 atom stereocenters. The van der Waals surface area contributed by atoms with E-state index in [0.717, 1.165) is 0 Å². The van der Waals surface area contributed by atoms with Crippen LogP contribution in [0.25, 0.3) is 0 Å². The predicted octanol–water partition coefficient (Wildman–Crippen LogP) is 2.05. The number of aryl methyl sites for hydroxylation is 3. The van der Waals surface area contributed by atoms with E-state index in [-0.39, 0.29) is 21.1 Å². The summed E-state index contributed by atoms with van der Waals surface area (Å²) in [5.74, 6) is 0. The first-order valence-electron chi connectivity index (χ1n) is 4.10. The zero-order chi connectivity index (χ0) is 12.9. The summed E-state index contributed by atoms with van der Waals surface area (Å²) < 4.78 is 0. The Morgan fingerprint density at radius 2 is 0.750 bits per heavy atom. The fourth-order valence-corrected chi connectivity index (χ4v) is 1.20. The Morgan fingerprint density at radius 3 is 0.875 bits per heavy atom. The molecule has 0 fully saturated rings. The van der Waals surface area contributed by atoms with Crippen LogP contribution in [-0.4, -0.2) is 20.4 Å². The predicted molar refractivity (Wildman–Crippen MR) is 62.0 cm³/mol. The first kappa shape index (κ1) is 24.2. The maximum absolute atomic E-state index is 8.00. The summed E-state index contributed by atoms with van der Waals surface area (Å²) in [6.45, 7) is 12.4. The van der Waals surface area contributed by atoms with Gasteiger partial charge in [-0.15, -0.1) is 0 Å². The van der Waals surface area contributed by atoms with Crippen molar-refractivity contribution in [1.82, 2.24) is 0 Å². The third-order valence-corrected chi connectivity index (χ3v) is 1.37. The van der Waals surface area contributed by atoms with Crippen LogP contribution >= 0.6 is 0 Å². The van der Waals surface area contributed by atoms with Gasteiger partial charge in [-0.1, -0.05) is 34.9 Å². The first-order valence-corrected chi connectivity index (χ1v) is 4.10. The van der Waals surface area contributed by atoms with Gasteiger partial charge in [-0.2, -0.15) is 0 Å². The number of carbonyl (C=O) groups excluding carboxylic acids is 3. The van der Waals surface area contributed by atoms with Gasteiger partial charge in [-0.25, -0.2) is 0 Å². The Labute approximate surface area is 112 Å². The molecule has 0 spiro atoms. The minimum atomic E-state index is 0. The molecule has 0 aromatic heterocycles. The summed E-state index contributed by atoms with van der Waals surface area (Å²) in [5.41, 5.74) is 4.06. The molecule has 1 aromatic carbocycles. The van der Waals surface area contributed by atoms with Crippen LogP contribution < -0.4 is 0 Å². The monoisotopic (exact) mass is 394 g/mol. The van der Waals surface area contributed by atoms with Gasteiger partial charge in [0.1, 0.15) is 20.4 Å². The molecule has 0 unspecified atom stereocenters. The van der Waals surface area contributed by atoms with Gasteiger partial charge in [0.15, 0.2) is 0 Å². The molecule has 3 nitrogen and oxygen atoms in total. The molecule has 0 saturated carbocycles. The third kappa shape index (κ3) is 15.4. The van der Waals surface area contributed by atoms with Crippen molar-refractivity contribution in [3.8, 4) is 0 Å². The van der Waals surface area contributed by atoms with Gasteiger partial charge in [0.25, 0.3) is 0 Å². The van der Waals surface area contributed by atoms with Gasteiger partial charge in [0.05, 0.1) is 0 Å². The molecule has 0 amide bonds. The fourth-order valence-electron chi connectivity index (χ4n) is 1.20. The van der Waals surface area contributed by atoms with E-state index in [4.69, 9.17) is 14.4 Å². The Balaban J connectivity index is -0.0000000900. The first-order chi connectivity index (χ1) is 7.18. The zero-order valence-corrected chi connectivity index (χ0v) is 12.9. The van der Waals surface area contributed by atoms with Crippen molar-refractivity contribution in [2.45, 2.75) is 20.8 Å². The number of benzene rings is 1. The van der Waals surface area contributed by atoms with Crippen molar-refractivity contribution in [3.05, 3.63) is 34.9 Å². The van der Waals surface area contributed by atoms with Gasteiger partial charge >= 0.3 is 0 Å². The van der Waals surface area contributed by atoms with Crippen molar-refractivity contribution < 1.29 is 35.4 Å². The summed E-state index contributed by atoms with van der Waals surface area (Å²) in [6.07, 6.45) is 0. The quantitative estimate of drug-likeness (QED) is 0.677. The number of rotatable bonds is 0. The van der Waals surface area contributed by atoms with E-state index < -0.39 is 0 Å². The molecular formula is C12H18O3W. The topological polar surface area (TPSA) is 51.2 Å². The summed E-state index contributed by atoms with van der Waals surface area (Å²) in [5, 5.41) is 0. The molecule has 16 heavy (non-hydrogen) atoms. The van der Waals surface area contributed by atoms with Crippen molar-refractivity contribution in [3.63, 3.8) is 0 Å². The Hall–Kier alpha value is -1.08. The molecule has 1 aromatic rings. The van der Waals surface area contributed by atoms with Crippen LogP contribution in [0.5, 0.6) is 0 Å². The maximum atomic E-state index is 8.00. The molecule has 0 aliphatic heterocycles. The molecule has 0 aliphatic rings. The Kier molecular flexibility index (Phi) is 29.5. The zero-order valence-electron chi connectivity index (χ0n) is 9.99. The van der Waals surface area contributed by atoms with Gasteiger partial charge in [0, 0.05) is 21.1 Å². The molecule has 0 aliphatic carbocycles. The molecular weight excluding hydrogens is 376 g/mol. The van der Waals surface area contributed by atoms with Gasteiger partial charge in [0.2, 0.25) is 0 Å². The Bertz CT molecular complexity index is 209. The standard InChI is InChI=1S/C9H12.3CH2O.W/c1-7-4-8(2)6-9(3)5-7;3*1-2;/h4-6H,1-3H3;3*1H2;. The summed E-state index contributed by atoms with van der Waals surface area (Å²) >= 11 is 0. The molecule has 0 N–H and O–H groups in total. The number of hydrogen-bond donors (Lipinski definition) is 0. The summed E-state index contributed by atoms with van der Waals surface area (Å²) in [4.78, 5) is 24.0. The third-order valence-electron chi connectivity index (χ3n) is 1.37. The van der Waals surface area contributed by atoms with E-state index in [1.807, 2.05) is 20.4 Å². The second kappa shape index (κ2) is 19.5. The van der Waals surface area contributed by atoms with Gasteiger partial charge in [-0.3, -0.25) is 0 Å². The molecule has 0 saturated heterocycles. The molecule has 0 bridgehead atoms. The van der Waals surface area contributed by atoms with Crippen LogP contribution in [0.3, 0.4) is 0 Å². The summed E-state index contributed by atoms with van der Waals surface area (Å²) in [7, 11) is 0. The molecule has 90 valence electrons. The second-order valence-corrected chi connectivity index (χ2v) is 2.67. The molecule has 0 radical (unpaired) electrons. The van der Waals surface area contributed by atoms with E-state index in [9.17, 15) is 0 Å². The smallest absolute Gasteiger partial charge is 0.106 e. The minimum Gasteiger partial charge on any atom is -0.307 e. The fraction of sp³-hybridized carbons (Fsp3) is 0.250. The van der Waals surface area contributed by atoms with E-state index in [1.54, 1.807) is 0 Å². The number of carbonyl (C=O) groups is 3. The maximum Gasteiger partial charge on any atom is 0.106 e. The van der Waals surface area contributed by atoms with E-state index in [0.29, 0.717) is 0 Å². The molecule has 0 heterocycles. The minimum absolute atomic E-state index is 0. The summed E-state index contributed by atoms with van der Waals surface area (Å²) in [6, 6.07) is 6.56. The van der Waals surface area contributed by atoms with Crippen LogP contribution in [0.2, 0.25) is 0 Å². The van der Waals surface area contributed by atoms with Crippen LogP contribution in [0.1, 0.15) is 16.7 Å². The van der Waals surface area contributed by atoms with E-state index in [2.05, 4.69) is 39.0 Å². The van der Waals surface area contributed by atoms with Crippen LogP contribution in [0, 0.1) is 20.8 Å². The number of hydrogen-bond acceptors (Lipinski definition) is 3. The average molecular weight is 394 g/mol. The molecule has 4 heteroatoms. The van der Waals surface area contributed by atoms with Crippen LogP contribution in [0.4, 0.5) is 0 Å². The average Bonchev–Trinajstić information content (AvgIpc) is 2.24. The molecule has 1 rings (SSSR count). The largest absolute Gasteiger partial charge is 0.307 e. The van der Waals surface area contributed by atoms with Crippen molar-refractivity contribution in [1.29, 1.82) is 0 Å². The van der Waals surface area contributed by atoms with Gasteiger partial charge in [-0.05, 0) is 20.8 Å². The van der Waals surface area contributed by atoms with Crippen LogP contribution in [0.15, 0.2) is 18.2 Å². The second-order valence-electron chi connectivity index (χ2n) is 2.67. The normalized spacial score (nSPS) is 6.19. The van der Waals surface area contributed by atoms with Crippen LogP contribution in [-0.2, 0) is 35.4 Å². The van der Waals surface area contributed by atoms with Gasteiger partial charge < -0.3 is 14.4 Å². The van der Waals surface area contributed by atoms with Crippen molar-refractivity contribution in [2.75, 3.05) is 0 Å². The van der Waals surface area contributed by atoms with E-state index >= 15 is 0 Å². The van der Waals surface area contributed by atoms with Crippen molar-refractivity contribution in [2.24, 2.45) is 0 Å². The Morgan fingerprint density at radius 1 is 0.625 bits per heavy atom. The van der Waals surface area contributed by atoms with E-state index in [1.165, 1.54) is 16.7 Å².